The van der Waals surface area contributed by atoms with E-state index in [0.29, 0.717) is 5.92 Å². The van der Waals surface area contributed by atoms with Crippen molar-refractivity contribution in [1.29, 1.82) is 0 Å². The lowest BCUT2D eigenvalue weighted by Crippen LogP contribution is -2.44. The average Bonchev–Trinajstić information content (AvgIpc) is 2.87. The molecule has 4 rings (SSSR count). The standard InChI is InChI=1S/C30H45N3O2/c1-25-5-9-29(10-6-25)35-22-20-33-15-13-26(2)28(24-33)23-27-7-11-30(12-8-27)34-21-4-14-32-18-16-31(3)17-19-32/h5-12,26,28H,4,13-24H2,1-3H3/t26-,28?/m1/s1. The van der Waals surface area contributed by atoms with Crippen molar-refractivity contribution in [3.8, 4) is 11.5 Å². The topological polar surface area (TPSA) is 28.2 Å². The van der Waals surface area contributed by atoms with Crippen molar-refractivity contribution in [2.75, 3.05) is 72.6 Å². The van der Waals surface area contributed by atoms with E-state index in [-0.39, 0.29) is 0 Å². The molecule has 5 nitrogen and oxygen atoms in total. The van der Waals surface area contributed by atoms with Crippen LogP contribution in [-0.2, 0) is 6.42 Å². The molecule has 2 atom stereocenters. The van der Waals surface area contributed by atoms with E-state index in [9.17, 15) is 0 Å². The second-order valence-electron chi connectivity index (χ2n) is 10.7. The van der Waals surface area contributed by atoms with Crippen LogP contribution < -0.4 is 9.47 Å². The average molecular weight is 480 g/mol. The zero-order chi connectivity index (χ0) is 24.5. The molecule has 0 saturated carbocycles. The van der Waals surface area contributed by atoms with Crippen LogP contribution in [0.2, 0.25) is 0 Å². The number of piperazine rings is 1. The highest BCUT2D eigenvalue weighted by molar-refractivity contribution is 5.28. The van der Waals surface area contributed by atoms with Crippen molar-refractivity contribution < 1.29 is 9.47 Å². The van der Waals surface area contributed by atoms with E-state index >= 15 is 0 Å². The Labute approximate surface area is 213 Å². The van der Waals surface area contributed by atoms with Crippen molar-refractivity contribution in [2.45, 2.75) is 33.1 Å². The molecule has 192 valence electrons. The van der Waals surface area contributed by atoms with Crippen LogP contribution in [0.3, 0.4) is 0 Å². The lowest BCUT2D eigenvalue weighted by atomic mass is 9.83. The second kappa shape index (κ2) is 13.3. The smallest absolute Gasteiger partial charge is 0.119 e. The molecule has 0 N–H and O–H groups in total. The van der Waals surface area contributed by atoms with Gasteiger partial charge in [0.2, 0.25) is 0 Å². The molecule has 35 heavy (non-hydrogen) atoms. The first kappa shape index (κ1) is 26.0. The Morgan fingerprint density at radius 2 is 1.43 bits per heavy atom. The second-order valence-corrected chi connectivity index (χ2v) is 10.7. The fourth-order valence-corrected chi connectivity index (χ4v) is 5.19. The molecular formula is C30H45N3O2. The van der Waals surface area contributed by atoms with E-state index in [4.69, 9.17) is 9.47 Å². The maximum Gasteiger partial charge on any atom is 0.119 e. The van der Waals surface area contributed by atoms with Crippen molar-refractivity contribution in [3.05, 3.63) is 59.7 Å². The van der Waals surface area contributed by atoms with Gasteiger partial charge in [-0.05, 0) is 81.4 Å². The number of hydrogen-bond acceptors (Lipinski definition) is 5. The van der Waals surface area contributed by atoms with E-state index in [1.54, 1.807) is 0 Å². The Kier molecular flexibility index (Phi) is 9.87. The highest BCUT2D eigenvalue weighted by Crippen LogP contribution is 2.27. The Bertz CT molecular complexity index is 862. The lowest BCUT2D eigenvalue weighted by molar-refractivity contribution is 0.111. The van der Waals surface area contributed by atoms with Gasteiger partial charge < -0.3 is 19.3 Å². The van der Waals surface area contributed by atoms with Gasteiger partial charge in [-0.15, -0.1) is 0 Å². The van der Waals surface area contributed by atoms with Crippen LogP contribution in [0, 0.1) is 18.8 Å². The third kappa shape index (κ3) is 8.52. The van der Waals surface area contributed by atoms with Crippen molar-refractivity contribution >= 4 is 0 Å². The van der Waals surface area contributed by atoms with E-state index in [1.807, 2.05) is 0 Å². The zero-order valence-corrected chi connectivity index (χ0v) is 22.1. The molecule has 2 fully saturated rings. The van der Waals surface area contributed by atoms with Crippen molar-refractivity contribution in [1.82, 2.24) is 14.7 Å². The quantitative estimate of drug-likeness (QED) is 0.440. The normalized spacial score (nSPS) is 22.3. The molecule has 2 aliphatic rings. The van der Waals surface area contributed by atoms with Crippen molar-refractivity contribution in [3.63, 3.8) is 0 Å². The first-order valence-electron chi connectivity index (χ1n) is 13.6. The number of likely N-dealkylation sites (tertiary alicyclic amines) is 1. The molecule has 2 aliphatic heterocycles. The third-order valence-corrected chi connectivity index (χ3v) is 7.80. The maximum absolute atomic E-state index is 6.03. The first-order chi connectivity index (χ1) is 17.0. The van der Waals surface area contributed by atoms with Gasteiger partial charge in [0.05, 0.1) is 6.61 Å². The fraction of sp³-hybridized carbons (Fsp3) is 0.600. The number of piperidine rings is 1. The summed E-state index contributed by atoms with van der Waals surface area (Å²) in [6.07, 6.45) is 3.50. The maximum atomic E-state index is 6.03. The van der Waals surface area contributed by atoms with Gasteiger partial charge in [-0.2, -0.15) is 0 Å². The Balaban J connectivity index is 1.15. The van der Waals surface area contributed by atoms with Gasteiger partial charge in [-0.1, -0.05) is 36.8 Å². The summed E-state index contributed by atoms with van der Waals surface area (Å²) >= 11 is 0. The molecule has 0 radical (unpaired) electrons. The highest BCUT2D eigenvalue weighted by atomic mass is 16.5. The number of hydrogen-bond donors (Lipinski definition) is 0. The zero-order valence-electron chi connectivity index (χ0n) is 22.1. The summed E-state index contributed by atoms with van der Waals surface area (Å²) in [7, 11) is 2.21. The number of likely N-dealkylation sites (N-methyl/N-ethyl adjacent to an activating group) is 1. The summed E-state index contributed by atoms with van der Waals surface area (Å²) in [4.78, 5) is 7.54. The molecule has 5 heteroatoms. The van der Waals surface area contributed by atoms with E-state index in [0.717, 1.165) is 63.1 Å². The van der Waals surface area contributed by atoms with Gasteiger partial charge in [0.15, 0.2) is 0 Å². The molecule has 0 aromatic heterocycles. The molecule has 0 bridgehead atoms. The number of nitrogens with zero attached hydrogens (tertiary/aromatic N) is 3. The molecule has 1 unspecified atom stereocenters. The monoisotopic (exact) mass is 479 g/mol. The largest absolute Gasteiger partial charge is 0.494 e. The summed E-state index contributed by atoms with van der Waals surface area (Å²) in [5.41, 5.74) is 2.69. The summed E-state index contributed by atoms with van der Waals surface area (Å²) < 4.78 is 12.0. The van der Waals surface area contributed by atoms with Gasteiger partial charge >= 0.3 is 0 Å². The molecule has 0 spiro atoms. The molecule has 0 amide bonds. The van der Waals surface area contributed by atoms with Crippen LogP contribution in [0.15, 0.2) is 48.5 Å². The van der Waals surface area contributed by atoms with E-state index < -0.39 is 0 Å². The van der Waals surface area contributed by atoms with Crippen LogP contribution in [0.5, 0.6) is 11.5 Å². The molecular weight excluding hydrogens is 434 g/mol. The van der Waals surface area contributed by atoms with Crippen LogP contribution in [0.4, 0.5) is 0 Å². The van der Waals surface area contributed by atoms with E-state index in [1.165, 1.54) is 50.3 Å². The number of aryl methyl sites for hydroxylation is 1. The Hall–Kier alpha value is -2.08. The van der Waals surface area contributed by atoms with Crippen LogP contribution in [0.1, 0.15) is 30.9 Å². The lowest BCUT2D eigenvalue weighted by Gasteiger charge is -2.37. The predicted molar refractivity (Wildman–Crippen MR) is 145 cm³/mol. The summed E-state index contributed by atoms with van der Waals surface area (Å²) in [6.45, 7) is 15.3. The van der Waals surface area contributed by atoms with Crippen LogP contribution in [-0.4, -0.2) is 87.3 Å². The Morgan fingerprint density at radius 3 is 2.14 bits per heavy atom. The third-order valence-electron chi connectivity index (χ3n) is 7.80. The van der Waals surface area contributed by atoms with Gasteiger partial charge in [0.25, 0.3) is 0 Å². The van der Waals surface area contributed by atoms with E-state index in [2.05, 4.69) is 84.1 Å². The minimum absolute atomic E-state index is 0.693. The number of rotatable bonds is 11. The molecule has 2 saturated heterocycles. The number of benzene rings is 2. The summed E-state index contributed by atoms with van der Waals surface area (Å²) in [5.74, 6) is 3.42. The number of ether oxygens (including phenoxy) is 2. The fourth-order valence-electron chi connectivity index (χ4n) is 5.19. The van der Waals surface area contributed by atoms with Crippen molar-refractivity contribution in [2.24, 2.45) is 11.8 Å². The predicted octanol–water partition coefficient (Wildman–Crippen LogP) is 4.59. The van der Waals surface area contributed by atoms with Crippen LogP contribution in [0.25, 0.3) is 0 Å². The van der Waals surface area contributed by atoms with Crippen LogP contribution >= 0.6 is 0 Å². The minimum atomic E-state index is 0.693. The van der Waals surface area contributed by atoms with Gasteiger partial charge in [-0.25, -0.2) is 0 Å². The van der Waals surface area contributed by atoms with Gasteiger partial charge in [0.1, 0.15) is 18.1 Å². The molecule has 0 aliphatic carbocycles. The SMILES string of the molecule is Cc1ccc(OCCN2CC[C@@H](C)C(Cc3ccc(OCCCN4CCN(C)CC4)cc3)C2)cc1. The minimum Gasteiger partial charge on any atom is -0.494 e. The molecule has 2 aromatic carbocycles. The first-order valence-corrected chi connectivity index (χ1v) is 13.6. The van der Waals surface area contributed by atoms with Gasteiger partial charge in [0, 0.05) is 45.8 Å². The summed E-state index contributed by atoms with van der Waals surface area (Å²) in [6, 6.07) is 17.2. The summed E-state index contributed by atoms with van der Waals surface area (Å²) in [5, 5.41) is 0. The molecule has 2 heterocycles. The molecule has 2 aromatic rings. The Morgan fingerprint density at radius 1 is 0.771 bits per heavy atom. The highest BCUT2D eigenvalue weighted by Gasteiger charge is 2.26. The van der Waals surface area contributed by atoms with Gasteiger partial charge in [-0.3, -0.25) is 4.90 Å².